The van der Waals surface area contributed by atoms with Gasteiger partial charge in [0.25, 0.3) is 0 Å². The second-order valence-electron chi connectivity index (χ2n) is 21.7. The van der Waals surface area contributed by atoms with Gasteiger partial charge in [-0.3, -0.25) is 9.59 Å². The molecule has 0 bridgehead atoms. The number of methoxy groups -OCH3 is 1. The first kappa shape index (κ1) is 91.2. The molecule has 0 rings (SSSR count). The zero-order valence-corrected chi connectivity index (χ0v) is 58.3. The lowest BCUT2D eigenvalue weighted by Crippen LogP contribution is -2.49. The van der Waals surface area contributed by atoms with Crippen LogP contribution < -0.4 is 10.6 Å². The molecule has 0 spiro atoms. The van der Waals surface area contributed by atoms with Gasteiger partial charge in [-0.25, -0.2) is 4.79 Å². The fourth-order valence-electron chi connectivity index (χ4n) is 6.83. The maximum absolute atomic E-state index is 12.8. The molecule has 0 aliphatic heterocycles. The van der Waals surface area contributed by atoms with Gasteiger partial charge in [0.05, 0.1) is 311 Å². The molecule has 1 unspecified atom stereocenters. The highest BCUT2D eigenvalue weighted by Gasteiger charge is 2.26. The van der Waals surface area contributed by atoms with E-state index in [9.17, 15) is 14.4 Å². The summed E-state index contributed by atoms with van der Waals surface area (Å²) in [5.74, 6) is -0.938. The van der Waals surface area contributed by atoms with Crippen LogP contribution in [0.4, 0.5) is 4.79 Å². The average molecular weight is 1370 g/mol. The number of nitrogens with one attached hydrogen (secondary N) is 2. The maximum atomic E-state index is 12.8. The third-order valence-electron chi connectivity index (χ3n) is 11.2. The van der Waals surface area contributed by atoms with Crippen LogP contribution in [0.2, 0.25) is 0 Å². The first-order valence-corrected chi connectivity index (χ1v) is 33.1. The summed E-state index contributed by atoms with van der Waals surface area (Å²) < 4.78 is 142. The van der Waals surface area contributed by atoms with Crippen LogP contribution in [0.5, 0.6) is 0 Å². The van der Waals surface area contributed by atoms with Crippen LogP contribution in [0.15, 0.2) is 0 Å². The molecular weight excluding hydrogens is 1250 g/mol. The van der Waals surface area contributed by atoms with Gasteiger partial charge < -0.3 is 134 Å². The largest absolute Gasteiger partial charge is 0.460 e. The van der Waals surface area contributed by atoms with Crippen LogP contribution in [0.25, 0.3) is 0 Å². The van der Waals surface area contributed by atoms with Crippen molar-refractivity contribution in [3.63, 3.8) is 0 Å². The topological polar surface area (TPSA) is 315 Å². The Balaban J connectivity index is 3.27. The van der Waals surface area contributed by atoms with Gasteiger partial charge in [0.15, 0.2) is 0 Å². The number of hydrogen-bond acceptors (Lipinski definition) is 29. The van der Waals surface area contributed by atoms with Crippen molar-refractivity contribution in [1.82, 2.24) is 10.6 Å². The van der Waals surface area contributed by atoms with Crippen molar-refractivity contribution in [1.29, 1.82) is 0 Å². The lowest BCUT2D eigenvalue weighted by Gasteiger charge is -2.24. The van der Waals surface area contributed by atoms with Crippen LogP contribution in [0, 0.1) is 0 Å². The standard InChI is InChI=1S/C63H124N2O29/c1-62(2,3)93-59(66)9-8-58(65-61(68)94-63(4,5)6)60(67)64-10-11-70-14-15-72-18-19-74-22-23-76-26-27-78-30-31-80-34-35-82-38-39-84-42-43-86-46-47-88-50-51-90-54-55-92-57-56-91-53-52-89-49-48-87-45-44-85-41-40-83-37-36-81-33-32-79-29-28-77-25-24-75-21-20-73-17-16-71-13-12-69-7/h58H,8-57H2,1-7H3,(H,64,67)(H,65,68). The number of carbonyl (C=O) groups excluding carboxylic acids is 3. The highest BCUT2D eigenvalue weighted by molar-refractivity contribution is 5.86. The van der Waals surface area contributed by atoms with E-state index in [1.54, 1.807) is 48.7 Å². The highest BCUT2D eigenvalue weighted by Crippen LogP contribution is 2.12. The molecule has 0 aliphatic carbocycles. The number of esters is 1. The molecule has 0 saturated carbocycles. The number of carbonyl (C=O) groups is 3. The molecule has 0 saturated heterocycles. The summed E-state index contributed by atoms with van der Waals surface area (Å²) >= 11 is 0. The fraction of sp³-hybridized carbons (Fsp3) is 0.952. The quantitative estimate of drug-likeness (QED) is 0.0651. The fourth-order valence-corrected chi connectivity index (χ4v) is 6.83. The molecule has 2 N–H and O–H groups in total. The van der Waals surface area contributed by atoms with Gasteiger partial charge in [-0.15, -0.1) is 0 Å². The Kier molecular flexibility index (Phi) is 70.8. The van der Waals surface area contributed by atoms with Crippen molar-refractivity contribution in [3.8, 4) is 0 Å². The summed E-state index contributed by atoms with van der Waals surface area (Å²) in [6, 6.07) is -0.992. The van der Waals surface area contributed by atoms with E-state index in [0.29, 0.717) is 304 Å². The average Bonchev–Trinajstić information content (AvgIpc) is 3.23. The zero-order valence-electron chi connectivity index (χ0n) is 58.3. The number of alkyl carbamates (subject to hydrolysis) is 1. The van der Waals surface area contributed by atoms with Gasteiger partial charge in [0, 0.05) is 20.1 Å². The Hall–Kier alpha value is -2.75. The molecule has 0 aromatic carbocycles. The van der Waals surface area contributed by atoms with Crippen molar-refractivity contribution in [2.75, 3.05) is 324 Å². The van der Waals surface area contributed by atoms with Crippen LogP contribution >= 0.6 is 0 Å². The van der Waals surface area contributed by atoms with Gasteiger partial charge in [-0.1, -0.05) is 0 Å². The van der Waals surface area contributed by atoms with Gasteiger partial charge in [0.2, 0.25) is 5.91 Å². The second-order valence-corrected chi connectivity index (χ2v) is 21.7. The van der Waals surface area contributed by atoms with E-state index in [2.05, 4.69) is 10.6 Å². The number of amides is 2. The van der Waals surface area contributed by atoms with Crippen molar-refractivity contribution < 1.29 is 138 Å². The van der Waals surface area contributed by atoms with Crippen LogP contribution in [-0.4, -0.2) is 359 Å². The Morgan fingerprint density at radius 1 is 0.266 bits per heavy atom. The van der Waals surface area contributed by atoms with E-state index in [1.807, 2.05) is 0 Å². The molecule has 0 fully saturated rings. The molecule has 0 aliphatic rings. The third kappa shape index (κ3) is 78.2. The van der Waals surface area contributed by atoms with Crippen LogP contribution in [-0.2, 0) is 133 Å². The lowest BCUT2D eigenvalue weighted by atomic mass is 10.1. The molecular formula is C63H124N2O29. The van der Waals surface area contributed by atoms with E-state index < -0.39 is 35.2 Å². The van der Waals surface area contributed by atoms with Gasteiger partial charge >= 0.3 is 12.1 Å². The van der Waals surface area contributed by atoms with E-state index in [-0.39, 0.29) is 26.0 Å². The first-order valence-electron chi connectivity index (χ1n) is 33.1. The first-order chi connectivity index (χ1) is 45.8. The molecule has 31 heteroatoms. The summed E-state index contributed by atoms with van der Waals surface area (Å²) in [4.78, 5) is 37.4. The predicted octanol–water partition coefficient (Wildman–Crippen LogP) is 2.15. The second kappa shape index (κ2) is 73.0. The van der Waals surface area contributed by atoms with Crippen LogP contribution in [0.3, 0.4) is 0 Å². The monoisotopic (exact) mass is 1370 g/mol. The van der Waals surface area contributed by atoms with Crippen LogP contribution in [0.1, 0.15) is 54.4 Å². The number of hydrogen-bond donors (Lipinski definition) is 2. The minimum atomic E-state index is -0.992. The summed E-state index contributed by atoms with van der Waals surface area (Å²) in [7, 11) is 1.64. The summed E-state index contributed by atoms with van der Waals surface area (Å²) in [5, 5.41) is 5.26. The molecule has 0 radical (unpaired) electrons. The molecule has 31 nitrogen and oxygen atoms in total. The predicted molar refractivity (Wildman–Crippen MR) is 342 cm³/mol. The molecule has 94 heavy (non-hydrogen) atoms. The SMILES string of the molecule is COCCOCCOCCOCCOCCOCCOCCOCCOCCOCCOCCOCCOCCOCCOCCOCCOCCOCCOCCOCCOCCOCCOCCOCCNC(=O)C(CCC(=O)OC(C)(C)C)NC(=O)OC(C)(C)C. The van der Waals surface area contributed by atoms with E-state index >= 15 is 0 Å². The Bertz CT molecular complexity index is 1570. The van der Waals surface area contributed by atoms with Crippen molar-refractivity contribution >= 4 is 18.0 Å². The van der Waals surface area contributed by atoms with Crippen molar-refractivity contribution in [2.45, 2.75) is 71.6 Å². The summed E-state index contributed by atoms with van der Waals surface area (Å²) in [6.07, 6.45) is -0.775. The summed E-state index contributed by atoms with van der Waals surface area (Å²) in [6.45, 7) is 32.6. The third-order valence-corrected chi connectivity index (χ3v) is 11.2. The Morgan fingerprint density at radius 2 is 0.447 bits per heavy atom. The zero-order chi connectivity index (χ0) is 68.5. The molecule has 0 aromatic heterocycles. The molecule has 560 valence electrons. The highest BCUT2D eigenvalue weighted by atomic mass is 16.6. The molecule has 0 aromatic rings. The normalized spacial score (nSPS) is 12.2. The Morgan fingerprint density at radius 3 is 0.628 bits per heavy atom. The van der Waals surface area contributed by atoms with E-state index in [0.717, 1.165) is 0 Å². The van der Waals surface area contributed by atoms with Gasteiger partial charge in [-0.05, 0) is 48.0 Å². The molecule has 0 heterocycles. The van der Waals surface area contributed by atoms with E-state index in [4.69, 9.17) is 123 Å². The van der Waals surface area contributed by atoms with Crippen molar-refractivity contribution in [3.05, 3.63) is 0 Å². The van der Waals surface area contributed by atoms with E-state index in [1.165, 1.54) is 0 Å². The smallest absolute Gasteiger partial charge is 0.408 e. The molecule has 1 atom stereocenters. The summed E-state index contributed by atoms with van der Waals surface area (Å²) in [5.41, 5.74) is -1.42. The Labute approximate surface area is 560 Å². The lowest BCUT2D eigenvalue weighted by molar-refractivity contribution is -0.155. The maximum Gasteiger partial charge on any atom is 0.408 e. The number of rotatable bonds is 77. The minimum Gasteiger partial charge on any atom is -0.460 e. The van der Waals surface area contributed by atoms with Gasteiger partial charge in [0.1, 0.15) is 17.2 Å². The minimum absolute atomic E-state index is 0.0428. The van der Waals surface area contributed by atoms with Crippen molar-refractivity contribution in [2.24, 2.45) is 0 Å². The van der Waals surface area contributed by atoms with Gasteiger partial charge in [-0.2, -0.15) is 0 Å². The number of ether oxygens (including phenoxy) is 26. The molecule has 2 amide bonds.